The van der Waals surface area contributed by atoms with Crippen molar-refractivity contribution in [3.63, 3.8) is 0 Å². The summed E-state index contributed by atoms with van der Waals surface area (Å²) in [6, 6.07) is 13.4. The number of rotatable bonds is 5. The van der Waals surface area contributed by atoms with Crippen molar-refractivity contribution in [1.29, 1.82) is 5.26 Å². The van der Waals surface area contributed by atoms with Gasteiger partial charge in [0.05, 0.1) is 5.56 Å². The molecule has 0 unspecified atom stereocenters. The third kappa shape index (κ3) is 3.97. The van der Waals surface area contributed by atoms with Gasteiger partial charge < -0.3 is 9.47 Å². The maximum Gasteiger partial charge on any atom is 0.144 e. The standard InChI is InChI=1S/C15H11BrFNO2/c16-12-2-1-3-13(8-12)19-6-7-20-14-5-4-11(10-18)15(17)9-14/h1-5,8-9H,6-7H2. The van der Waals surface area contributed by atoms with Crippen molar-refractivity contribution >= 4 is 15.9 Å². The molecule has 0 aromatic heterocycles. The van der Waals surface area contributed by atoms with Crippen LogP contribution in [0.4, 0.5) is 4.39 Å². The molecule has 0 amide bonds. The molecule has 0 radical (unpaired) electrons. The predicted molar refractivity (Wildman–Crippen MR) is 76.2 cm³/mol. The van der Waals surface area contributed by atoms with Crippen LogP contribution in [0, 0.1) is 17.1 Å². The number of nitrogens with zero attached hydrogens (tertiary/aromatic N) is 1. The maximum atomic E-state index is 13.3. The van der Waals surface area contributed by atoms with Crippen LogP contribution < -0.4 is 9.47 Å². The van der Waals surface area contributed by atoms with E-state index in [0.717, 1.165) is 10.2 Å². The molecule has 20 heavy (non-hydrogen) atoms. The average molecular weight is 336 g/mol. The Balaban J connectivity index is 1.82. The van der Waals surface area contributed by atoms with Crippen molar-refractivity contribution in [3.8, 4) is 17.6 Å². The van der Waals surface area contributed by atoms with E-state index in [9.17, 15) is 4.39 Å². The normalized spacial score (nSPS) is 9.85. The Labute approximate surface area is 124 Å². The van der Waals surface area contributed by atoms with Gasteiger partial charge >= 0.3 is 0 Å². The molecule has 2 aromatic rings. The second kappa shape index (κ2) is 6.92. The van der Waals surface area contributed by atoms with E-state index in [-0.39, 0.29) is 12.2 Å². The molecule has 5 heteroatoms. The molecule has 0 heterocycles. The first-order valence-electron chi connectivity index (χ1n) is 5.90. The van der Waals surface area contributed by atoms with E-state index in [1.807, 2.05) is 24.3 Å². The van der Waals surface area contributed by atoms with Gasteiger partial charge in [0.1, 0.15) is 36.6 Å². The molecule has 0 aliphatic heterocycles. The van der Waals surface area contributed by atoms with Gasteiger partial charge in [0.2, 0.25) is 0 Å². The summed E-state index contributed by atoms with van der Waals surface area (Å²) in [4.78, 5) is 0. The van der Waals surface area contributed by atoms with E-state index in [0.29, 0.717) is 12.4 Å². The average Bonchev–Trinajstić information content (AvgIpc) is 2.44. The van der Waals surface area contributed by atoms with Crippen LogP contribution in [0.15, 0.2) is 46.9 Å². The van der Waals surface area contributed by atoms with E-state index in [1.165, 1.54) is 12.1 Å². The summed E-state index contributed by atoms with van der Waals surface area (Å²) < 4.78 is 25.1. The molecular weight excluding hydrogens is 325 g/mol. The lowest BCUT2D eigenvalue weighted by Crippen LogP contribution is -2.09. The van der Waals surface area contributed by atoms with Crippen LogP contribution in [0.5, 0.6) is 11.5 Å². The van der Waals surface area contributed by atoms with Crippen LogP contribution in [0.1, 0.15) is 5.56 Å². The van der Waals surface area contributed by atoms with Gasteiger partial charge in [-0.05, 0) is 30.3 Å². The van der Waals surface area contributed by atoms with E-state index < -0.39 is 5.82 Å². The van der Waals surface area contributed by atoms with Crippen LogP contribution in [0.2, 0.25) is 0 Å². The van der Waals surface area contributed by atoms with Crippen LogP contribution >= 0.6 is 15.9 Å². The zero-order valence-corrected chi connectivity index (χ0v) is 12.1. The van der Waals surface area contributed by atoms with Crippen LogP contribution in [0.3, 0.4) is 0 Å². The Bertz CT molecular complexity index is 640. The van der Waals surface area contributed by atoms with Gasteiger partial charge in [-0.3, -0.25) is 0 Å². The van der Waals surface area contributed by atoms with E-state index in [2.05, 4.69) is 15.9 Å². The largest absolute Gasteiger partial charge is 0.490 e. The minimum Gasteiger partial charge on any atom is -0.490 e. The molecule has 102 valence electrons. The van der Waals surface area contributed by atoms with E-state index in [1.54, 1.807) is 12.1 Å². The Kier molecular flexibility index (Phi) is 4.97. The second-order valence-corrected chi connectivity index (χ2v) is 4.82. The van der Waals surface area contributed by atoms with Crippen molar-refractivity contribution in [2.75, 3.05) is 13.2 Å². The van der Waals surface area contributed by atoms with Crippen molar-refractivity contribution in [1.82, 2.24) is 0 Å². The summed E-state index contributed by atoms with van der Waals surface area (Å²) in [6.45, 7) is 0.635. The summed E-state index contributed by atoms with van der Waals surface area (Å²) in [6.07, 6.45) is 0. The molecular formula is C15H11BrFNO2. The quantitative estimate of drug-likeness (QED) is 0.778. The zero-order valence-electron chi connectivity index (χ0n) is 10.5. The van der Waals surface area contributed by atoms with Gasteiger partial charge in [-0.15, -0.1) is 0 Å². The summed E-state index contributed by atoms with van der Waals surface area (Å²) in [7, 11) is 0. The van der Waals surface area contributed by atoms with Crippen LogP contribution in [-0.2, 0) is 0 Å². The maximum absolute atomic E-state index is 13.3. The number of benzene rings is 2. The molecule has 3 nitrogen and oxygen atoms in total. The third-order valence-corrected chi connectivity index (χ3v) is 2.97. The minimum absolute atomic E-state index is 0.00253. The number of hydrogen-bond acceptors (Lipinski definition) is 3. The first kappa shape index (κ1) is 14.4. The molecule has 0 saturated heterocycles. The van der Waals surface area contributed by atoms with Crippen LogP contribution in [0.25, 0.3) is 0 Å². The molecule has 2 rings (SSSR count). The molecule has 0 aliphatic carbocycles. The molecule has 0 fully saturated rings. The topological polar surface area (TPSA) is 42.2 Å². The van der Waals surface area contributed by atoms with E-state index >= 15 is 0 Å². The Morgan fingerprint density at radius 1 is 1.05 bits per heavy atom. The lowest BCUT2D eigenvalue weighted by molar-refractivity contribution is 0.216. The predicted octanol–water partition coefficient (Wildman–Crippen LogP) is 3.92. The van der Waals surface area contributed by atoms with Gasteiger partial charge in [0.15, 0.2) is 0 Å². The second-order valence-electron chi connectivity index (χ2n) is 3.91. The highest BCUT2D eigenvalue weighted by Gasteiger charge is 2.03. The molecule has 0 spiro atoms. The SMILES string of the molecule is N#Cc1ccc(OCCOc2cccc(Br)c2)cc1F. The van der Waals surface area contributed by atoms with Gasteiger partial charge in [-0.25, -0.2) is 4.39 Å². The molecule has 0 aliphatic rings. The van der Waals surface area contributed by atoms with Crippen molar-refractivity contribution < 1.29 is 13.9 Å². The van der Waals surface area contributed by atoms with Crippen LogP contribution in [-0.4, -0.2) is 13.2 Å². The van der Waals surface area contributed by atoms with Crippen molar-refractivity contribution in [2.45, 2.75) is 0 Å². The highest BCUT2D eigenvalue weighted by molar-refractivity contribution is 9.10. The lowest BCUT2D eigenvalue weighted by atomic mass is 10.2. The van der Waals surface area contributed by atoms with Gasteiger partial charge in [0, 0.05) is 10.5 Å². The van der Waals surface area contributed by atoms with Gasteiger partial charge in [0.25, 0.3) is 0 Å². The molecule has 0 bridgehead atoms. The lowest BCUT2D eigenvalue weighted by Gasteiger charge is -2.08. The summed E-state index contributed by atoms with van der Waals surface area (Å²) >= 11 is 3.35. The summed E-state index contributed by atoms with van der Waals surface area (Å²) in [5.41, 5.74) is 0.00253. The number of ether oxygens (including phenoxy) is 2. The smallest absolute Gasteiger partial charge is 0.144 e. The fourth-order valence-electron chi connectivity index (χ4n) is 1.55. The number of nitriles is 1. The molecule has 2 aromatic carbocycles. The first-order chi connectivity index (χ1) is 9.69. The Morgan fingerprint density at radius 2 is 1.75 bits per heavy atom. The highest BCUT2D eigenvalue weighted by atomic mass is 79.9. The monoisotopic (exact) mass is 335 g/mol. The summed E-state index contributed by atoms with van der Waals surface area (Å²) in [5.74, 6) is 0.520. The van der Waals surface area contributed by atoms with Crippen molar-refractivity contribution in [3.05, 3.63) is 58.3 Å². The summed E-state index contributed by atoms with van der Waals surface area (Å²) in [5, 5.41) is 8.62. The molecule has 0 saturated carbocycles. The minimum atomic E-state index is -0.585. The molecule has 0 N–H and O–H groups in total. The van der Waals surface area contributed by atoms with Gasteiger partial charge in [-0.2, -0.15) is 5.26 Å². The Hall–Kier alpha value is -2.06. The fraction of sp³-hybridized carbons (Fsp3) is 0.133. The molecule has 0 atom stereocenters. The van der Waals surface area contributed by atoms with Crippen molar-refractivity contribution in [2.24, 2.45) is 0 Å². The van der Waals surface area contributed by atoms with E-state index in [4.69, 9.17) is 14.7 Å². The highest BCUT2D eigenvalue weighted by Crippen LogP contribution is 2.18. The zero-order chi connectivity index (χ0) is 14.4. The first-order valence-corrected chi connectivity index (χ1v) is 6.69. The number of hydrogen-bond donors (Lipinski definition) is 0. The fourth-order valence-corrected chi connectivity index (χ4v) is 1.93. The third-order valence-electron chi connectivity index (χ3n) is 2.48. The number of halogens is 2. The van der Waals surface area contributed by atoms with Gasteiger partial charge in [-0.1, -0.05) is 22.0 Å². The Morgan fingerprint density at radius 3 is 2.35 bits per heavy atom.